The van der Waals surface area contributed by atoms with Crippen LogP contribution in [0.15, 0.2) is 17.3 Å². The molecule has 6 rings (SSSR count). The third-order valence-electron chi connectivity index (χ3n) is 9.53. The third-order valence-corrected chi connectivity index (χ3v) is 12.7. The van der Waals surface area contributed by atoms with Crippen molar-refractivity contribution in [2.75, 3.05) is 31.9 Å². The Morgan fingerprint density at radius 1 is 1.07 bits per heavy atom. The summed E-state index contributed by atoms with van der Waals surface area (Å²) in [5, 5.41) is 44.7. The Labute approximate surface area is 332 Å². The number of nitrogen functional groups attached to an aromatic ring is 1. The van der Waals surface area contributed by atoms with Crippen LogP contribution in [0.25, 0.3) is 0 Å². The van der Waals surface area contributed by atoms with Gasteiger partial charge in [-0.15, -0.1) is 0 Å². The molecule has 1 aromatic heterocycles. The van der Waals surface area contributed by atoms with Gasteiger partial charge in [-0.05, 0) is 18.6 Å². The van der Waals surface area contributed by atoms with Crippen molar-refractivity contribution in [3.8, 4) is 11.5 Å². The largest absolute Gasteiger partial charge is 0.504 e. The number of thioether (sulfide) groups is 1. The van der Waals surface area contributed by atoms with Crippen LogP contribution in [0.1, 0.15) is 48.2 Å². The van der Waals surface area contributed by atoms with Gasteiger partial charge in [0.15, 0.2) is 28.1 Å². The van der Waals surface area contributed by atoms with Gasteiger partial charge in [0.25, 0.3) is 11.7 Å². The Hall–Kier alpha value is -5.39. The number of aromatic hydroxyl groups is 2. The van der Waals surface area contributed by atoms with Crippen molar-refractivity contribution in [3.05, 3.63) is 32.7 Å². The zero-order chi connectivity index (χ0) is 40.9. The fourth-order valence-corrected chi connectivity index (χ4v) is 9.18. The molecule has 3 saturated heterocycles. The number of hydrogen-bond donors (Lipinski definition) is 7. The molecule has 4 fully saturated rings. The number of nitrogens with zero attached hydrogens (tertiary/aromatic N) is 5. The lowest BCUT2D eigenvalue weighted by molar-refractivity contribution is -0.178. The lowest BCUT2D eigenvalue weighted by atomic mass is 9.80. The molecular formula is C31H30Cl2N8O13S2. The van der Waals surface area contributed by atoms with Crippen molar-refractivity contribution >= 4 is 104 Å². The number of hydrogen-bond acceptors (Lipinski definition) is 16. The van der Waals surface area contributed by atoms with E-state index in [-0.39, 0.29) is 47.6 Å². The molecule has 25 heteroatoms. The van der Waals surface area contributed by atoms with E-state index in [9.17, 15) is 58.8 Å². The predicted molar refractivity (Wildman–Crippen MR) is 194 cm³/mol. The number of phenols is 2. The van der Waals surface area contributed by atoms with E-state index in [4.69, 9.17) is 33.8 Å². The number of carbonyl (C=O) groups excluding carboxylic acids is 6. The maximum absolute atomic E-state index is 13.7. The Morgan fingerprint density at radius 2 is 1.79 bits per heavy atom. The van der Waals surface area contributed by atoms with Gasteiger partial charge in [0, 0.05) is 38.8 Å². The number of rotatable bonds is 15. The molecule has 1 saturated carbocycles. The first kappa shape index (κ1) is 40.3. The van der Waals surface area contributed by atoms with Gasteiger partial charge in [-0.2, -0.15) is 0 Å². The number of benzene rings is 1. The number of Topliss-reactive ketones (excluding diaryl/α,β-unsaturated/α-hetero) is 2. The number of β-lactam (4-membered cyclic amide) rings is 1. The molecule has 3 aliphatic heterocycles. The van der Waals surface area contributed by atoms with Gasteiger partial charge in [0.1, 0.15) is 10.0 Å². The topological polar surface area (TPSA) is 312 Å². The number of carbonyl (C=O) groups is 8. The van der Waals surface area contributed by atoms with Crippen LogP contribution in [-0.4, -0.2) is 135 Å². The van der Waals surface area contributed by atoms with Gasteiger partial charge >= 0.3 is 18.0 Å². The molecule has 3 atom stereocenters. The van der Waals surface area contributed by atoms with Gasteiger partial charge in [-0.3, -0.25) is 34.3 Å². The highest BCUT2D eigenvalue weighted by atomic mass is 35.5. The minimum atomic E-state index is -2.02. The number of nitrogens with one attached hydrogen (secondary N) is 2. The van der Waals surface area contributed by atoms with Crippen molar-refractivity contribution in [3.63, 3.8) is 0 Å². The molecule has 4 aliphatic rings. The first-order valence-electron chi connectivity index (χ1n) is 16.5. The number of carboxylic acid groups (broad SMARTS) is 2. The lowest BCUT2D eigenvalue weighted by Crippen LogP contribution is -2.60. The maximum atomic E-state index is 13.7. The van der Waals surface area contributed by atoms with Gasteiger partial charge in [-0.1, -0.05) is 51.5 Å². The van der Waals surface area contributed by atoms with Crippen LogP contribution in [-0.2, 0) is 33.6 Å². The second-order valence-corrected chi connectivity index (χ2v) is 16.3. The van der Waals surface area contributed by atoms with E-state index in [1.54, 1.807) is 0 Å². The van der Waals surface area contributed by atoms with Gasteiger partial charge in [0.2, 0.25) is 22.3 Å². The molecule has 5 amide bonds. The monoisotopic (exact) mass is 856 g/mol. The van der Waals surface area contributed by atoms with E-state index in [1.165, 1.54) is 4.90 Å². The number of oxime groups is 1. The molecule has 2 aromatic rings. The van der Waals surface area contributed by atoms with Crippen LogP contribution in [0.2, 0.25) is 9.36 Å². The Balaban J connectivity index is 1.07. The fourth-order valence-electron chi connectivity index (χ4n) is 6.31. The van der Waals surface area contributed by atoms with Crippen LogP contribution < -0.4 is 16.5 Å². The Morgan fingerprint density at radius 3 is 2.39 bits per heavy atom. The van der Waals surface area contributed by atoms with Crippen molar-refractivity contribution in [2.45, 2.75) is 47.9 Å². The van der Waals surface area contributed by atoms with E-state index in [2.05, 4.69) is 20.9 Å². The highest BCUT2D eigenvalue weighted by Crippen LogP contribution is 2.53. The van der Waals surface area contributed by atoms with Gasteiger partial charge in [-0.25, -0.2) is 24.4 Å². The summed E-state index contributed by atoms with van der Waals surface area (Å²) in [6.07, 6.45) is -0.137. The molecule has 1 aromatic carbocycles. The fraction of sp³-hybridized carbons (Fsp3) is 0.419. The molecule has 8 N–H and O–H groups in total. The SMILES string of the molecule is Nc1nc(/C(=N/OC2(C(=O)O)CCC2)C(=O)CC2C(=O)N3C[C@@](C(=O)O)(N4CCN(NC(=O)CCNC(=O)C(=O)c5ccc(O)c(O)c5Cl)C4=O)S[C@H]23)c(Cl)s1. The van der Waals surface area contributed by atoms with Crippen molar-refractivity contribution in [1.82, 2.24) is 30.5 Å². The van der Waals surface area contributed by atoms with E-state index in [0.717, 1.165) is 45.1 Å². The second kappa shape index (κ2) is 15.3. The number of ketones is 2. The smallest absolute Gasteiger partial charge is 0.350 e. The van der Waals surface area contributed by atoms with E-state index >= 15 is 0 Å². The minimum Gasteiger partial charge on any atom is -0.504 e. The number of anilines is 1. The van der Waals surface area contributed by atoms with Crippen LogP contribution >= 0.6 is 46.3 Å². The maximum Gasteiger partial charge on any atom is 0.350 e. The molecule has 1 unspecified atom stereocenters. The molecular weight excluding hydrogens is 827 g/mol. The van der Waals surface area contributed by atoms with Crippen LogP contribution in [0.4, 0.5) is 9.93 Å². The minimum absolute atomic E-state index is 0.0235. The molecule has 0 bridgehead atoms. The quantitative estimate of drug-likeness (QED) is 0.0322. The second-order valence-electron chi connectivity index (χ2n) is 12.9. The van der Waals surface area contributed by atoms with Crippen LogP contribution in [0, 0.1) is 5.92 Å². The molecule has 0 radical (unpaired) electrons. The number of nitrogens with two attached hydrogens (primary N) is 1. The average Bonchev–Trinajstić information content (AvgIpc) is 3.79. The predicted octanol–water partition coefficient (Wildman–Crippen LogP) is 0.601. The number of hydrazine groups is 1. The van der Waals surface area contributed by atoms with E-state index in [0.29, 0.717) is 6.42 Å². The zero-order valence-corrected chi connectivity index (χ0v) is 31.7. The third kappa shape index (κ3) is 7.10. The molecule has 21 nitrogen and oxygen atoms in total. The number of carboxylic acids is 2. The van der Waals surface area contributed by atoms with Gasteiger partial charge in [0.05, 0.1) is 35.0 Å². The molecule has 298 valence electrons. The van der Waals surface area contributed by atoms with Crippen LogP contribution in [0.3, 0.4) is 0 Å². The highest BCUT2D eigenvalue weighted by Gasteiger charge is 2.66. The number of urea groups is 1. The summed E-state index contributed by atoms with van der Waals surface area (Å²) in [5.41, 5.74) is 5.37. The van der Waals surface area contributed by atoms with Crippen molar-refractivity contribution in [1.29, 1.82) is 0 Å². The first-order valence-corrected chi connectivity index (χ1v) is 18.9. The lowest BCUT2D eigenvalue weighted by Gasteiger charge is -2.41. The standard InChI is InChI=1S/C31H30Cl2N8O13S2/c32-17-12(2-3-14(42)21(17)46)20(45)23(47)35-7-4-16(44)37-41-9-8-40(29(41)53)31(27(51)52)11-39-24(48)13(25(39)56-31)10-15(43)18(19-22(33)55-28(34)36-19)38-54-30(26(49)50)5-1-6-30/h2-3,13,25,42,46H,1,4-11H2,(H2,34,36)(H,35,47)(H,37,44)(H,49,50)(H,51,52)/b38-18+/t13?,25-,31-/m1/s1. The first-order chi connectivity index (χ1) is 26.4. The number of aromatic nitrogens is 1. The summed E-state index contributed by atoms with van der Waals surface area (Å²) in [6.45, 7) is -1.18. The zero-order valence-electron chi connectivity index (χ0n) is 28.5. The Kier molecular flexibility index (Phi) is 11.0. The van der Waals surface area contributed by atoms with Crippen LogP contribution in [0.5, 0.6) is 11.5 Å². The van der Waals surface area contributed by atoms with Gasteiger partial charge < -0.3 is 41.2 Å². The van der Waals surface area contributed by atoms with Crippen molar-refractivity contribution < 1.29 is 63.6 Å². The highest BCUT2D eigenvalue weighted by molar-refractivity contribution is 8.02. The number of fused-ring (bicyclic) bond motifs is 1. The number of aliphatic carboxylic acids is 2. The molecule has 4 heterocycles. The summed E-state index contributed by atoms with van der Waals surface area (Å²) in [6, 6.07) is 1.07. The van der Waals surface area contributed by atoms with E-state index < -0.39 is 116 Å². The normalized spacial score (nSPS) is 22.5. The number of thiazole rings is 1. The summed E-state index contributed by atoms with van der Waals surface area (Å²) in [4.78, 5) is 112. The molecule has 56 heavy (non-hydrogen) atoms. The average molecular weight is 858 g/mol. The summed E-state index contributed by atoms with van der Waals surface area (Å²) >= 11 is 13.6. The summed E-state index contributed by atoms with van der Waals surface area (Å²) in [7, 11) is 0. The summed E-state index contributed by atoms with van der Waals surface area (Å²) < 4.78 is -0.0419. The number of amides is 5. The number of phenolic OH excluding ortho intramolecular Hbond substituents is 2. The summed E-state index contributed by atoms with van der Waals surface area (Å²) in [5.74, 6) is -9.77. The Bertz CT molecular complexity index is 2110. The van der Waals surface area contributed by atoms with Crippen molar-refractivity contribution in [2.24, 2.45) is 11.1 Å². The number of halogens is 2. The molecule has 1 aliphatic carbocycles. The molecule has 0 spiro atoms. The van der Waals surface area contributed by atoms with E-state index in [1.807, 2.05) is 0 Å².